The molecule has 1 aromatic carbocycles. The van der Waals surface area contributed by atoms with E-state index in [1.54, 1.807) is 0 Å². The number of aliphatic hydroxyl groups excluding tert-OH is 1. The lowest BCUT2D eigenvalue weighted by molar-refractivity contribution is 0.139. The summed E-state index contributed by atoms with van der Waals surface area (Å²) in [6, 6.07) is 6.14. The number of aromatic nitrogens is 1. The molecule has 1 fully saturated rings. The Morgan fingerprint density at radius 2 is 2.20 bits per heavy atom. The third-order valence-corrected chi connectivity index (χ3v) is 3.86. The van der Waals surface area contributed by atoms with E-state index in [-0.39, 0.29) is 12.1 Å². The Balaban J connectivity index is 1.93. The molecule has 0 amide bonds. The number of hydrogen-bond donors (Lipinski definition) is 3. The number of hydrogen-bond acceptors (Lipinski definition) is 3. The van der Waals surface area contributed by atoms with E-state index in [1.807, 2.05) is 38.2 Å². The Kier molecular flexibility index (Phi) is 3.68. The molecule has 1 aromatic heterocycles. The molecule has 4 nitrogen and oxygen atoms in total. The molecule has 1 aliphatic rings. The van der Waals surface area contributed by atoms with Gasteiger partial charge in [0.2, 0.25) is 0 Å². The van der Waals surface area contributed by atoms with Crippen LogP contribution in [0.3, 0.4) is 0 Å². The molecule has 1 saturated heterocycles. The molecule has 0 radical (unpaired) electrons. The van der Waals surface area contributed by atoms with Gasteiger partial charge in [0.1, 0.15) is 5.75 Å². The van der Waals surface area contributed by atoms with Crippen molar-refractivity contribution >= 4 is 10.9 Å². The average Bonchev–Trinajstić information content (AvgIpc) is 3.06. The number of benzene rings is 1. The van der Waals surface area contributed by atoms with Crippen LogP contribution in [0, 0.1) is 0 Å². The smallest absolute Gasteiger partial charge is 0.120 e. The predicted octanol–water partition coefficient (Wildman–Crippen LogP) is 2.74. The van der Waals surface area contributed by atoms with Gasteiger partial charge in [-0.25, -0.2) is 0 Å². The molecule has 3 N–H and O–H groups in total. The van der Waals surface area contributed by atoms with Gasteiger partial charge in [0.15, 0.2) is 0 Å². The van der Waals surface area contributed by atoms with Crippen molar-refractivity contribution < 1.29 is 9.84 Å². The SMILES string of the molecule is CC(C)Oc1ccc2[nH]cc(C(O)C3CCCN3)c2c1. The molecule has 0 spiro atoms. The minimum absolute atomic E-state index is 0.149. The summed E-state index contributed by atoms with van der Waals surface area (Å²) in [6.45, 7) is 5.02. The van der Waals surface area contributed by atoms with Gasteiger partial charge in [0.25, 0.3) is 0 Å². The first kappa shape index (κ1) is 13.5. The van der Waals surface area contributed by atoms with Gasteiger partial charge in [-0.2, -0.15) is 0 Å². The third kappa shape index (κ3) is 2.53. The normalized spacial score (nSPS) is 20.7. The first-order valence-corrected chi connectivity index (χ1v) is 7.34. The van der Waals surface area contributed by atoms with Crippen LogP contribution < -0.4 is 10.1 Å². The van der Waals surface area contributed by atoms with Crippen LogP contribution in [0.2, 0.25) is 0 Å². The second-order valence-electron chi connectivity index (χ2n) is 5.77. The fourth-order valence-corrected chi connectivity index (χ4v) is 2.91. The van der Waals surface area contributed by atoms with E-state index in [1.165, 1.54) is 0 Å². The molecule has 3 rings (SSSR count). The third-order valence-electron chi connectivity index (χ3n) is 3.86. The van der Waals surface area contributed by atoms with Gasteiger partial charge in [-0.1, -0.05) is 0 Å². The van der Waals surface area contributed by atoms with Gasteiger partial charge in [0.05, 0.1) is 12.2 Å². The van der Waals surface area contributed by atoms with Crippen LogP contribution in [0.4, 0.5) is 0 Å². The number of aliphatic hydroxyl groups is 1. The summed E-state index contributed by atoms with van der Waals surface area (Å²) in [4.78, 5) is 3.23. The van der Waals surface area contributed by atoms with Crippen LogP contribution >= 0.6 is 0 Å². The van der Waals surface area contributed by atoms with Gasteiger partial charge in [-0.3, -0.25) is 0 Å². The summed E-state index contributed by atoms with van der Waals surface area (Å²) in [5.74, 6) is 0.847. The van der Waals surface area contributed by atoms with Crippen LogP contribution in [-0.2, 0) is 0 Å². The van der Waals surface area contributed by atoms with Crippen molar-refractivity contribution in [2.45, 2.75) is 44.9 Å². The second kappa shape index (κ2) is 5.46. The number of nitrogens with one attached hydrogen (secondary N) is 2. The fourth-order valence-electron chi connectivity index (χ4n) is 2.91. The van der Waals surface area contributed by atoms with E-state index < -0.39 is 6.10 Å². The highest BCUT2D eigenvalue weighted by Gasteiger charge is 2.26. The molecular formula is C16H22N2O2. The second-order valence-corrected chi connectivity index (χ2v) is 5.77. The molecule has 1 aliphatic heterocycles. The molecule has 108 valence electrons. The highest BCUT2D eigenvalue weighted by atomic mass is 16.5. The van der Waals surface area contributed by atoms with Crippen molar-refractivity contribution in [1.29, 1.82) is 0 Å². The van der Waals surface area contributed by atoms with Gasteiger partial charge in [-0.05, 0) is 51.4 Å². The van der Waals surface area contributed by atoms with Crippen LogP contribution in [0.1, 0.15) is 38.4 Å². The van der Waals surface area contributed by atoms with E-state index in [9.17, 15) is 5.11 Å². The molecule has 2 unspecified atom stereocenters. The van der Waals surface area contributed by atoms with Crippen molar-refractivity contribution in [3.63, 3.8) is 0 Å². The Labute approximate surface area is 119 Å². The van der Waals surface area contributed by atoms with Crippen LogP contribution in [0.5, 0.6) is 5.75 Å². The Morgan fingerprint density at radius 3 is 2.90 bits per heavy atom. The standard InChI is InChI=1S/C16H22N2O2/c1-10(2)20-11-5-6-14-12(8-11)13(9-18-14)16(19)15-4-3-7-17-15/h5-6,8-10,15-19H,3-4,7H2,1-2H3. The largest absolute Gasteiger partial charge is 0.491 e. The lowest BCUT2D eigenvalue weighted by Crippen LogP contribution is -2.28. The Morgan fingerprint density at radius 1 is 1.35 bits per heavy atom. The quantitative estimate of drug-likeness (QED) is 0.803. The van der Waals surface area contributed by atoms with E-state index in [2.05, 4.69) is 10.3 Å². The summed E-state index contributed by atoms with van der Waals surface area (Å²) in [6.07, 6.45) is 3.74. The molecular weight excluding hydrogens is 252 g/mol. The summed E-state index contributed by atoms with van der Waals surface area (Å²) >= 11 is 0. The van der Waals surface area contributed by atoms with E-state index >= 15 is 0 Å². The van der Waals surface area contributed by atoms with E-state index in [4.69, 9.17) is 4.74 Å². The van der Waals surface area contributed by atoms with E-state index in [0.29, 0.717) is 0 Å². The Hall–Kier alpha value is -1.52. The number of ether oxygens (including phenoxy) is 1. The number of aromatic amines is 1. The summed E-state index contributed by atoms with van der Waals surface area (Å²) in [7, 11) is 0. The maximum absolute atomic E-state index is 10.6. The van der Waals surface area contributed by atoms with Gasteiger partial charge in [0, 0.05) is 28.7 Å². The van der Waals surface area contributed by atoms with Gasteiger partial charge < -0.3 is 20.1 Å². The van der Waals surface area contributed by atoms with Crippen molar-refractivity contribution in [3.05, 3.63) is 30.0 Å². The monoisotopic (exact) mass is 274 g/mol. The molecule has 2 heterocycles. The maximum atomic E-state index is 10.6. The minimum Gasteiger partial charge on any atom is -0.491 e. The zero-order valence-corrected chi connectivity index (χ0v) is 12.0. The van der Waals surface area contributed by atoms with Crippen molar-refractivity contribution in [1.82, 2.24) is 10.3 Å². The topological polar surface area (TPSA) is 57.3 Å². The number of rotatable bonds is 4. The van der Waals surface area contributed by atoms with Crippen LogP contribution in [0.15, 0.2) is 24.4 Å². The lowest BCUT2D eigenvalue weighted by Gasteiger charge is -2.18. The number of H-pyrrole nitrogens is 1. The fraction of sp³-hybridized carbons (Fsp3) is 0.500. The zero-order chi connectivity index (χ0) is 14.1. The summed E-state index contributed by atoms with van der Waals surface area (Å²) in [5, 5.41) is 15.0. The molecule has 2 aromatic rings. The first-order chi connectivity index (χ1) is 9.65. The molecule has 0 aliphatic carbocycles. The molecule has 0 saturated carbocycles. The number of fused-ring (bicyclic) bond motifs is 1. The lowest BCUT2D eigenvalue weighted by atomic mass is 10.0. The van der Waals surface area contributed by atoms with Crippen LogP contribution in [-0.4, -0.2) is 28.8 Å². The molecule has 2 atom stereocenters. The molecule has 0 bridgehead atoms. The van der Waals surface area contributed by atoms with Crippen LogP contribution in [0.25, 0.3) is 10.9 Å². The minimum atomic E-state index is -0.472. The van der Waals surface area contributed by atoms with E-state index in [0.717, 1.165) is 41.6 Å². The average molecular weight is 274 g/mol. The Bertz CT molecular complexity index is 585. The summed E-state index contributed by atoms with van der Waals surface area (Å²) in [5.41, 5.74) is 1.99. The zero-order valence-electron chi connectivity index (χ0n) is 12.0. The van der Waals surface area contributed by atoms with Gasteiger partial charge >= 0.3 is 0 Å². The molecule has 20 heavy (non-hydrogen) atoms. The van der Waals surface area contributed by atoms with Gasteiger partial charge in [-0.15, -0.1) is 0 Å². The van der Waals surface area contributed by atoms with Crippen molar-refractivity contribution in [2.24, 2.45) is 0 Å². The molecule has 4 heteroatoms. The first-order valence-electron chi connectivity index (χ1n) is 7.34. The summed E-state index contributed by atoms with van der Waals surface area (Å²) < 4.78 is 5.74. The maximum Gasteiger partial charge on any atom is 0.120 e. The highest BCUT2D eigenvalue weighted by molar-refractivity contribution is 5.85. The van der Waals surface area contributed by atoms with Crippen molar-refractivity contribution in [3.8, 4) is 5.75 Å². The highest BCUT2D eigenvalue weighted by Crippen LogP contribution is 2.31. The predicted molar refractivity (Wildman–Crippen MR) is 80.0 cm³/mol. The van der Waals surface area contributed by atoms with Crippen molar-refractivity contribution in [2.75, 3.05) is 6.54 Å².